The summed E-state index contributed by atoms with van der Waals surface area (Å²) in [6.07, 6.45) is 13.0. The van der Waals surface area contributed by atoms with E-state index in [0.29, 0.717) is 6.04 Å². The second kappa shape index (κ2) is 6.75. The molecule has 0 radical (unpaired) electrons. The second-order valence-electron chi connectivity index (χ2n) is 6.29. The van der Waals surface area contributed by atoms with Gasteiger partial charge in [0, 0.05) is 19.1 Å². The molecule has 1 atom stereocenters. The molecule has 0 aromatic rings. The van der Waals surface area contributed by atoms with Crippen molar-refractivity contribution in [2.75, 3.05) is 20.1 Å². The third-order valence-corrected chi connectivity index (χ3v) is 5.02. The lowest BCUT2D eigenvalue weighted by molar-refractivity contribution is 0.143. The average Bonchev–Trinajstić information content (AvgIpc) is 2.85. The number of hydrogen-bond donors (Lipinski definition) is 1. The van der Waals surface area contributed by atoms with Crippen molar-refractivity contribution < 1.29 is 0 Å². The molecule has 0 bridgehead atoms. The van der Waals surface area contributed by atoms with Gasteiger partial charge in [-0.25, -0.2) is 0 Å². The van der Waals surface area contributed by atoms with E-state index in [0.717, 1.165) is 18.4 Å². The van der Waals surface area contributed by atoms with Gasteiger partial charge in [0.05, 0.1) is 0 Å². The minimum absolute atomic E-state index is 0.652. The summed E-state index contributed by atoms with van der Waals surface area (Å²) in [5.41, 5.74) is 6.02. The van der Waals surface area contributed by atoms with Crippen LogP contribution in [0.5, 0.6) is 0 Å². The van der Waals surface area contributed by atoms with Gasteiger partial charge < -0.3 is 10.6 Å². The zero-order valence-corrected chi connectivity index (χ0v) is 11.5. The van der Waals surface area contributed by atoms with Crippen LogP contribution in [0.3, 0.4) is 0 Å². The summed E-state index contributed by atoms with van der Waals surface area (Å²) >= 11 is 0. The van der Waals surface area contributed by atoms with Crippen LogP contribution >= 0.6 is 0 Å². The van der Waals surface area contributed by atoms with Crippen LogP contribution in [0.1, 0.15) is 57.8 Å². The Morgan fingerprint density at radius 1 is 1.00 bits per heavy atom. The lowest BCUT2D eigenvalue weighted by atomic mass is 9.88. The second-order valence-corrected chi connectivity index (χ2v) is 6.29. The van der Waals surface area contributed by atoms with E-state index < -0.39 is 0 Å². The van der Waals surface area contributed by atoms with Crippen molar-refractivity contribution in [3.8, 4) is 0 Å². The Hall–Kier alpha value is -0.0800. The van der Waals surface area contributed by atoms with Gasteiger partial charge in [-0.2, -0.15) is 0 Å². The van der Waals surface area contributed by atoms with Gasteiger partial charge in [-0.3, -0.25) is 0 Å². The van der Waals surface area contributed by atoms with Crippen molar-refractivity contribution in [3.05, 3.63) is 0 Å². The van der Waals surface area contributed by atoms with Crippen LogP contribution in [0.2, 0.25) is 0 Å². The van der Waals surface area contributed by atoms with Crippen LogP contribution in [0.25, 0.3) is 0 Å². The zero-order chi connectivity index (χ0) is 12.1. The fourth-order valence-electron chi connectivity index (χ4n) is 3.99. The van der Waals surface area contributed by atoms with Crippen LogP contribution in [-0.4, -0.2) is 31.1 Å². The van der Waals surface area contributed by atoms with Gasteiger partial charge in [0.1, 0.15) is 0 Å². The Labute approximate surface area is 107 Å². The van der Waals surface area contributed by atoms with Crippen molar-refractivity contribution in [3.63, 3.8) is 0 Å². The number of likely N-dealkylation sites (N-methyl/N-ethyl adjacent to an activating group) is 1. The van der Waals surface area contributed by atoms with Crippen molar-refractivity contribution in [1.82, 2.24) is 4.90 Å². The topological polar surface area (TPSA) is 29.3 Å². The van der Waals surface area contributed by atoms with E-state index in [-0.39, 0.29) is 0 Å². The maximum absolute atomic E-state index is 6.02. The van der Waals surface area contributed by atoms with Gasteiger partial charge in [-0.1, -0.05) is 32.1 Å². The summed E-state index contributed by atoms with van der Waals surface area (Å²) in [5, 5.41) is 0. The highest BCUT2D eigenvalue weighted by molar-refractivity contribution is 4.83. The van der Waals surface area contributed by atoms with E-state index in [1.807, 2.05) is 0 Å². The minimum Gasteiger partial charge on any atom is -0.329 e. The first-order valence-electron chi connectivity index (χ1n) is 7.71. The first-order chi connectivity index (χ1) is 8.31. The molecule has 2 heteroatoms. The molecule has 0 heterocycles. The normalized spacial score (nSPS) is 25.6. The van der Waals surface area contributed by atoms with E-state index >= 15 is 0 Å². The monoisotopic (exact) mass is 238 g/mol. The molecular formula is C15H30N2. The van der Waals surface area contributed by atoms with Crippen LogP contribution in [0.15, 0.2) is 0 Å². The Balaban J connectivity index is 1.80. The summed E-state index contributed by atoms with van der Waals surface area (Å²) in [4.78, 5) is 2.59. The predicted molar refractivity (Wildman–Crippen MR) is 74.0 cm³/mol. The van der Waals surface area contributed by atoms with Gasteiger partial charge in [0.2, 0.25) is 0 Å². The first kappa shape index (κ1) is 13.4. The molecule has 2 aliphatic carbocycles. The molecule has 0 saturated heterocycles. The first-order valence-corrected chi connectivity index (χ1v) is 7.71. The third-order valence-electron chi connectivity index (χ3n) is 5.02. The Morgan fingerprint density at radius 3 is 2.18 bits per heavy atom. The summed E-state index contributed by atoms with van der Waals surface area (Å²) in [5.74, 6) is 1.83. The fourth-order valence-corrected chi connectivity index (χ4v) is 3.99. The molecule has 2 saturated carbocycles. The molecule has 0 aliphatic heterocycles. The molecule has 0 amide bonds. The Bertz CT molecular complexity index is 205. The average molecular weight is 238 g/mol. The highest BCUT2D eigenvalue weighted by Crippen LogP contribution is 2.31. The Kier molecular flexibility index (Phi) is 5.30. The quantitative estimate of drug-likeness (QED) is 0.798. The summed E-state index contributed by atoms with van der Waals surface area (Å²) in [7, 11) is 2.31. The standard InChI is InChI=1S/C15H30N2/c1-17(12-13-7-3-2-4-8-13)15(11-16)14-9-5-6-10-14/h13-15H,2-12,16H2,1H3. The predicted octanol–water partition coefficient (Wildman–Crippen LogP) is 3.02. The largest absolute Gasteiger partial charge is 0.329 e. The number of nitrogens with two attached hydrogens (primary N) is 1. The molecule has 0 aromatic heterocycles. The molecule has 2 nitrogen and oxygen atoms in total. The lowest BCUT2D eigenvalue weighted by Gasteiger charge is -2.35. The Morgan fingerprint density at radius 2 is 1.59 bits per heavy atom. The minimum atomic E-state index is 0.652. The molecule has 0 aromatic carbocycles. The van der Waals surface area contributed by atoms with Gasteiger partial charge in [0.15, 0.2) is 0 Å². The summed E-state index contributed by atoms with van der Waals surface area (Å²) < 4.78 is 0. The molecule has 2 rings (SSSR count). The molecular weight excluding hydrogens is 208 g/mol. The number of nitrogens with zero attached hydrogens (tertiary/aromatic N) is 1. The molecule has 17 heavy (non-hydrogen) atoms. The van der Waals surface area contributed by atoms with Gasteiger partial charge in [-0.15, -0.1) is 0 Å². The van der Waals surface area contributed by atoms with Crippen LogP contribution in [-0.2, 0) is 0 Å². The molecule has 2 aliphatic rings. The fraction of sp³-hybridized carbons (Fsp3) is 1.00. The number of hydrogen-bond acceptors (Lipinski definition) is 2. The smallest absolute Gasteiger partial charge is 0.0243 e. The molecule has 1 unspecified atom stereocenters. The molecule has 100 valence electrons. The van der Waals surface area contributed by atoms with E-state index in [1.165, 1.54) is 64.3 Å². The van der Waals surface area contributed by atoms with Crippen LogP contribution < -0.4 is 5.73 Å². The van der Waals surface area contributed by atoms with E-state index in [9.17, 15) is 0 Å². The van der Waals surface area contributed by atoms with E-state index in [4.69, 9.17) is 5.73 Å². The highest BCUT2D eigenvalue weighted by atomic mass is 15.1. The third kappa shape index (κ3) is 3.69. The molecule has 2 N–H and O–H groups in total. The van der Waals surface area contributed by atoms with Crippen molar-refractivity contribution >= 4 is 0 Å². The van der Waals surface area contributed by atoms with E-state index in [2.05, 4.69) is 11.9 Å². The number of rotatable bonds is 5. The van der Waals surface area contributed by atoms with Gasteiger partial charge in [-0.05, 0) is 44.6 Å². The van der Waals surface area contributed by atoms with E-state index in [1.54, 1.807) is 0 Å². The van der Waals surface area contributed by atoms with Crippen LogP contribution in [0, 0.1) is 11.8 Å². The molecule has 2 fully saturated rings. The van der Waals surface area contributed by atoms with Gasteiger partial charge in [0.25, 0.3) is 0 Å². The highest BCUT2D eigenvalue weighted by Gasteiger charge is 2.28. The van der Waals surface area contributed by atoms with Crippen molar-refractivity contribution in [2.24, 2.45) is 17.6 Å². The van der Waals surface area contributed by atoms with Crippen LogP contribution in [0.4, 0.5) is 0 Å². The SMILES string of the molecule is CN(CC1CCCCC1)C(CN)C1CCCC1. The maximum Gasteiger partial charge on any atom is 0.0243 e. The van der Waals surface area contributed by atoms with Crippen molar-refractivity contribution in [2.45, 2.75) is 63.8 Å². The summed E-state index contributed by atoms with van der Waals surface area (Å²) in [6, 6.07) is 0.652. The lowest BCUT2D eigenvalue weighted by Crippen LogP contribution is -2.45. The zero-order valence-electron chi connectivity index (χ0n) is 11.5. The van der Waals surface area contributed by atoms with Crippen molar-refractivity contribution in [1.29, 1.82) is 0 Å². The molecule has 0 spiro atoms. The summed E-state index contributed by atoms with van der Waals surface area (Å²) in [6.45, 7) is 2.15. The maximum atomic E-state index is 6.02. The van der Waals surface area contributed by atoms with Gasteiger partial charge >= 0.3 is 0 Å².